The van der Waals surface area contributed by atoms with E-state index in [1.165, 1.54) is 20.6 Å². The van der Waals surface area contributed by atoms with Crippen LogP contribution >= 0.6 is 11.3 Å². The molecule has 0 N–H and O–H groups in total. The monoisotopic (exact) mass is 319 g/mol. The number of benzene rings is 2. The molecule has 3 heteroatoms. The van der Waals surface area contributed by atoms with E-state index in [4.69, 9.17) is 0 Å². The van der Waals surface area contributed by atoms with Gasteiger partial charge in [0.25, 0.3) is 0 Å². The van der Waals surface area contributed by atoms with Crippen LogP contribution in [0, 0.1) is 0 Å². The van der Waals surface area contributed by atoms with Crippen LogP contribution in [0.3, 0.4) is 0 Å². The average Bonchev–Trinajstić information content (AvgIpc) is 2.90. The largest absolute Gasteiger partial charge is 0.343 e. The Labute approximate surface area is 138 Å². The summed E-state index contributed by atoms with van der Waals surface area (Å²) in [7, 11) is 0. The first-order valence-electron chi connectivity index (χ1n) is 8.24. The molecule has 0 fully saturated rings. The van der Waals surface area contributed by atoms with Crippen molar-refractivity contribution in [1.29, 1.82) is 0 Å². The third-order valence-corrected chi connectivity index (χ3v) is 6.25. The smallest absolute Gasteiger partial charge is 0.165 e. The van der Waals surface area contributed by atoms with E-state index in [0.717, 1.165) is 30.3 Å². The number of hydrogen-bond donors (Lipinski definition) is 0. The fourth-order valence-corrected chi connectivity index (χ4v) is 5.26. The summed E-state index contributed by atoms with van der Waals surface area (Å²) >= 11 is 1.78. The van der Waals surface area contributed by atoms with Gasteiger partial charge >= 0.3 is 0 Å². The van der Waals surface area contributed by atoms with Gasteiger partial charge in [0.05, 0.1) is 10.2 Å². The molecule has 1 atom stereocenters. The third-order valence-electron chi connectivity index (χ3n) is 5.11. The van der Waals surface area contributed by atoms with E-state index in [0.29, 0.717) is 18.1 Å². The highest BCUT2D eigenvalue weighted by Gasteiger charge is 2.34. The second kappa shape index (κ2) is 4.93. The van der Waals surface area contributed by atoms with E-state index in [2.05, 4.69) is 47.0 Å². The Hall–Kier alpha value is -2.13. The minimum atomic E-state index is 0.323. The van der Waals surface area contributed by atoms with Crippen LogP contribution in [0.25, 0.3) is 20.3 Å². The van der Waals surface area contributed by atoms with E-state index in [9.17, 15) is 4.79 Å². The van der Waals surface area contributed by atoms with Crippen molar-refractivity contribution in [2.45, 2.75) is 31.7 Å². The molecule has 114 valence electrons. The summed E-state index contributed by atoms with van der Waals surface area (Å²) in [5.41, 5.74) is 3.52. The lowest BCUT2D eigenvalue weighted by atomic mass is 9.96. The number of rotatable bonds is 0. The Morgan fingerprint density at radius 1 is 1.00 bits per heavy atom. The van der Waals surface area contributed by atoms with Crippen molar-refractivity contribution < 1.29 is 4.79 Å². The van der Waals surface area contributed by atoms with Crippen LogP contribution in [-0.4, -0.2) is 10.4 Å². The summed E-state index contributed by atoms with van der Waals surface area (Å²) in [6.45, 7) is 1.02. The molecule has 2 aliphatic rings. The van der Waals surface area contributed by atoms with E-state index >= 15 is 0 Å². The number of carbonyl (C=O) groups is 1. The molecular formula is C20H17NOS. The lowest BCUT2D eigenvalue weighted by molar-refractivity contribution is 0.0989. The molecule has 1 aliphatic carbocycles. The highest BCUT2D eigenvalue weighted by molar-refractivity contribution is 7.24. The molecule has 23 heavy (non-hydrogen) atoms. The van der Waals surface area contributed by atoms with Gasteiger partial charge in [0, 0.05) is 40.2 Å². The van der Waals surface area contributed by atoms with Gasteiger partial charge in [-0.1, -0.05) is 30.3 Å². The molecule has 1 aromatic heterocycles. The van der Waals surface area contributed by atoms with Gasteiger partial charge in [-0.25, -0.2) is 0 Å². The Bertz CT molecular complexity index is 1010. The molecule has 0 saturated carbocycles. The van der Waals surface area contributed by atoms with Gasteiger partial charge < -0.3 is 4.57 Å². The Kier molecular flexibility index (Phi) is 2.86. The first-order valence-corrected chi connectivity index (χ1v) is 9.06. The summed E-state index contributed by atoms with van der Waals surface area (Å²) < 4.78 is 4.90. The Morgan fingerprint density at radius 2 is 1.78 bits per heavy atom. The van der Waals surface area contributed by atoms with E-state index in [-0.39, 0.29) is 0 Å². The van der Waals surface area contributed by atoms with Crippen LogP contribution in [0.1, 0.15) is 41.2 Å². The maximum atomic E-state index is 12.8. The Balaban J connectivity index is 2.10. The van der Waals surface area contributed by atoms with Crippen LogP contribution < -0.4 is 0 Å². The lowest BCUT2D eigenvalue weighted by Gasteiger charge is -2.24. The number of para-hydroxylation sites is 1. The molecule has 0 radical (unpaired) electrons. The van der Waals surface area contributed by atoms with Crippen LogP contribution in [-0.2, 0) is 6.54 Å². The van der Waals surface area contributed by atoms with Gasteiger partial charge in [-0.2, -0.15) is 0 Å². The molecule has 5 rings (SSSR count). The molecule has 0 amide bonds. The highest BCUT2D eigenvalue weighted by Crippen LogP contribution is 2.43. The highest BCUT2D eigenvalue weighted by atomic mass is 32.1. The predicted octanol–water partition coefficient (Wildman–Crippen LogP) is 5.44. The second-order valence-corrected chi connectivity index (χ2v) is 7.53. The number of carbonyl (C=O) groups excluding carboxylic acids is 1. The normalized spacial score (nSPS) is 19.1. The number of ketones is 1. The predicted molar refractivity (Wildman–Crippen MR) is 95.9 cm³/mol. The Morgan fingerprint density at radius 3 is 2.70 bits per heavy atom. The second-order valence-electron chi connectivity index (χ2n) is 6.44. The summed E-state index contributed by atoms with van der Waals surface area (Å²) in [6, 6.07) is 17.0. The number of Topliss-reactive ketones (excluding diaryl/α,β-unsaturated/α-hetero) is 1. The first-order chi connectivity index (χ1) is 11.3. The molecule has 3 aromatic rings. The fraction of sp³-hybridized carbons (Fsp3) is 0.250. The van der Waals surface area contributed by atoms with Gasteiger partial charge in [-0.3, -0.25) is 4.79 Å². The number of hydrogen-bond acceptors (Lipinski definition) is 2. The molecule has 2 heterocycles. The fourth-order valence-electron chi connectivity index (χ4n) is 4.17. The number of fused-ring (bicyclic) bond motifs is 4. The van der Waals surface area contributed by atoms with Gasteiger partial charge in [-0.05, 0) is 31.0 Å². The van der Waals surface area contributed by atoms with E-state index in [1.54, 1.807) is 11.3 Å². The zero-order chi connectivity index (χ0) is 15.4. The number of aromatic nitrogens is 1. The summed E-state index contributed by atoms with van der Waals surface area (Å²) in [5, 5.41) is 1.13. The van der Waals surface area contributed by atoms with Crippen molar-refractivity contribution in [2.24, 2.45) is 0 Å². The van der Waals surface area contributed by atoms with Crippen LogP contribution in [0.2, 0.25) is 0 Å². The molecule has 2 aromatic carbocycles. The van der Waals surface area contributed by atoms with Crippen LogP contribution in [0.15, 0.2) is 48.5 Å². The average molecular weight is 319 g/mol. The maximum absolute atomic E-state index is 12.8. The first kappa shape index (κ1) is 13.3. The molecule has 1 aliphatic heterocycles. The van der Waals surface area contributed by atoms with Crippen molar-refractivity contribution in [2.75, 3.05) is 0 Å². The van der Waals surface area contributed by atoms with Crippen molar-refractivity contribution in [3.05, 3.63) is 59.8 Å². The molecule has 0 saturated heterocycles. The van der Waals surface area contributed by atoms with E-state index < -0.39 is 0 Å². The van der Waals surface area contributed by atoms with Gasteiger partial charge in [0.15, 0.2) is 5.78 Å². The van der Waals surface area contributed by atoms with Crippen LogP contribution in [0.5, 0.6) is 0 Å². The maximum Gasteiger partial charge on any atom is 0.165 e. The zero-order valence-corrected chi connectivity index (χ0v) is 13.6. The molecule has 1 unspecified atom stereocenters. The number of nitrogens with zero attached hydrogens (tertiary/aromatic N) is 1. The lowest BCUT2D eigenvalue weighted by Crippen LogP contribution is -2.15. The summed E-state index contributed by atoms with van der Waals surface area (Å²) in [5.74, 6) is 0.722. The van der Waals surface area contributed by atoms with Crippen LogP contribution in [0.4, 0.5) is 0 Å². The third kappa shape index (κ3) is 1.89. The molecule has 0 bridgehead atoms. The molecule has 2 nitrogen and oxygen atoms in total. The summed E-state index contributed by atoms with van der Waals surface area (Å²) in [4.78, 5) is 12.8. The van der Waals surface area contributed by atoms with Crippen molar-refractivity contribution >= 4 is 37.4 Å². The molecular weight excluding hydrogens is 302 g/mol. The van der Waals surface area contributed by atoms with Crippen molar-refractivity contribution in [3.63, 3.8) is 0 Å². The number of aryl methyl sites for hydroxylation is 1. The molecule has 0 spiro atoms. The summed E-state index contributed by atoms with van der Waals surface area (Å²) in [6.07, 6.45) is 2.98. The minimum Gasteiger partial charge on any atom is -0.343 e. The quantitative estimate of drug-likeness (QED) is 0.540. The van der Waals surface area contributed by atoms with Gasteiger partial charge in [0.1, 0.15) is 0 Å². The van der Waals surface area contributed by atoms with Gasteiger partial charge in [-0.15, -0.1) is 11.3 Å². The standard InChI is InChI=1S/C20H17NOS/c22-16-12-13-6-5-11-21-15-8-2-4-10-18(15)23-17-9-3-1-7-14(17)19(16)20(13)21/h1-4,7-10,13H,5-6,11-12H2. The van der Waals surface area contributed by atoms with E-state index in [1.807, 2.05) is 6.07 Å². The van der Waals surface area contributed by atoms with Crippen molar-refractivity contribution in [1.82, 2.24) is 4.57 Å². The van der Waals surface area contributed by atoms with Crippen molar-refractivity contribution in [3.8, 4) is 0 Å². The van der Waals surface area contributed by atoms with Gasteiger partial charge in [0.2, 0.25) is 0 Å². The SMILES string of the molecule is O=C1CC2CCCn3c2c1c1ccccc1sc1ccccc13. The topological polar surface area (TPSA) is 22.0 Å². The minimum absolute atomic E-state index is 0.323. The zero-order valence-electron chi connectivity index (χ0n) is 12.8.